The van der Waals surface area contributed by atoms with E-state index in [1.165, 1.54) is 13.5 Å². The number of amides is 1. The zero-order valence-corrected chi connectivity index (χ0v) is 11.4. The largest absolute Gasteiger partial charge is 0.465 e. The number of fused-ring (bicyclic) bond motifs is 2. The van der Waals surface area contributed by atoms with Crippen molar-refractivity contribution in [3.05, 3.63) is 29.8 Å². The number of anilines is 1. The molecular formula is C15H18N2O3. The molecule has 2 N–H and O–H groups in total. The quantitative estimate of drug-likeness (QED) is 0.821. The van der Waals surface area contributed by atoms with Crippen molar-refractivity contribution in [2.24, 2.45) is 5.92 Å². The molecular weight excluding hydrogens is 256 g/mol. The first-order chi connectivity index (χ1) is 9.67. The highest BCUT2D eigenvalue weighted by molar-refractivity contribution is 5.94. The van der Waals surface area contributed by atoms with Crippen molar-refractivity contribution in [1.82, 2.24) is 5.32 Å². The second kappa shape index (κ2) is 5.25. The van der Waals surface area contributed by atoms with E-state index < -0.39 is 0 Å². The third-order valence-electron chi connectivity index (χ3n) is 4.21. The van der Waals surface area contributed by atoms with Crippen molar-refractivity contribution in [2.75, 3.05) is 12.4 Å². The third kappa shape index (κ3) is 2.41. The fourth-order valence-electron chi connectivity index (χ4n) is 3.16. The van der Waals surface area contributed by atoms with Crippen molar-refractivity contribution in [2.45, 2.75) is 31.3 Å². The summed E-state index contributed by atoms with van der Waals surface area (Å²) in [5.41, 5.74) is 1.19. The van der Waals surface area contributed by atoms with Crippen molar-refractivity contribution >= 4 is 17.6 Å². The maximum atomic E-state index is 12.2. The molecule has 0 spiro atoms. The number of esters is 1. The molecule has 0 aliphatic carbocycles. The molecule has 2 aliphatic rings. The van der Waals surface area contributed by atoms with Crippen molar-refractivity contribution < 1.29 is 14.3 Å². The molecule has 1 amide bonds. The van der Waals surface area contributed by atoms with Gasteiger partial charge in [-0.25, -0.2) is 4.79 Å². The topological polar surface area (TPSA) is 67.4 Å². The minimum Gasteiger partial charge on any atom is -0.465 e. The van der Waals surface area contributed by atoms with Crippen molar-refractivity contribution in [3.63, 3.8) is 0 Å². The zero-order chi connectivity index (χ0) is 14.1. The van der Waals surface area contributed by atoms with E-state index >= 15 is 0 Å². The molecule has 2 bridgehead atoms. The molecule has 3 unspecified atom stereocenters. The molecule has 1 aromatic rings. The first-order valence-corrected chi connectivity index (χ1v) is 6.92. The summed E-state index contributed by atoms with van der Waals surface area (Å²) in [6.45, 7) is 0. The lowest BCUT2D eigenvalue weighted by Gasteiger charge is -2.19. The van der Waals surface area contributed by atoms with Gasteiger partial charge in [-0.15, -0.1) is 0 Å². The summed E-state index contributed by atoms with van der Waals surface area (Å²) in [6, 6.07) is 7.60. The number of carbonyl (C=O) groups excluding carboxylic acids is 2. The van der Waals surface area contributed by atoms with Crippen LogP contribution in [0.3, 0.4) is 0 Å². The van der Waals surface area contributed by atoms with Gasteiger partial charge in [0.2, 0.25) is 5.91 Å². The summed E-state index contributed by atoms with van der Waals surface area (Å²) in [4.78, 5) is 23.6. The molecule has 3 rings (SSSR count). The lowest BCUT2D eigenvalue weighted by Crippen LogP contribution is -2.32. The van der Waals surface area contributed by atoms with Gasteiger partial charge in [0.05, 0.1) is 18.6 Å². The van der Waals surface area contributed by atoms with E-state index in [4.69, 9.17) is 0 Å². The number of ether oxygens (including phenoxy) is 1. The van der Waals surface area contributed by atoms with E-state index in [9.17, 15) is 9.59 Å². The third-order valence-corrected chi connectivity index (χ3v) is 4.21. The molecule has 20 heavy (non-hydrogen) atoms. The minimum absolute atomic E-state index is 0.0639. The lowest BCUT2D eigenvalue weighted by molar-refractivity contribution is -0.120. The van der Waals surface area contributed by atoms with Gasteiger partial charge in [0.15, 0.2) is 0 Å². The summed E-state index contributed by atoms with van der Waals surface area (Å²) >= 11 is 0. The first-order valence-electron chi connectivity index (χ1n) is 6.92. The van der Waals surface area contributed by atoms with E-state index in [-0.39, 0.29) is 17.8 Å². The van der Waals surface area contributed by atoms with Gasteiger partial charge < -0.3 is 15.4 Å². The molecule has 0 aromatic heterocycles. The van der Waals surface area contributed by atoms with Crippen molar-refractivity contribution in [3.8, 4) is 0 Å². The second-order valence-corrected chi connectivity index (χ2v) is 5.45. The van der Waals surface area contributed by atoms with Crippen LogP contribution in [0.25, 0.3) is 0 Å². The molecule has 106 valence electrons. The number of carbonyl (C=O) groups is 2. The normalized spacial score (nSPS) is 27.4. The number of nitrogens with one attached hydrogen (secondary N) is 2. The summed E-state index contributed by atoms with van der Waals surface area (Å²) in [6.07, 6.45) is 3.20. The van der Waals surface area contributed by atoms with Gasteiger partial charge in [0, 0.05) is 17.8 Å². The Labute approximate surface area is 117 Å². The highest BCUT2D eigenvalue weighted by atomic mass is 16.5. The van der Waals surface area contributed by atoms with Crippen LogP contribution in [-0.2, 0) is 9.53 Å². The van der Waals surface area contributed by atoms with Crippen LogP contribution in [0, 0.1) is 5.92 Å². The monoisotopic (exact) mass is 274 g/mol. The van der Waals surface area contributed by atoms with E-state index in [1.807, 2.05) is 0 Å². The Balaban J connectivity index is 1.63. The number of rotatable bonds is 3. The van der Waals surface area contributed by atoms with Crippen LogP contribution in [0.5, 0.6) is 0 Å². The summed E-state index contributed by atoms with van der Waals surface area (Å²) in [5, 5.41) is 6.38. The van der Waals surface area contributed by atoms with Gasteiger partial charge in [-0.1, -0.05) is 0 Å². The number of hydrogen-bond acceptors (Lipinski definition) is 4. The maximum absolute atomic E-state index is 12.2. The Morgan fingerprint density at radius 1 is 1.25 bits per heavy atom. The van der Waals surface area contributed by atoms with Crippen LogP contribution in [0.4, 0.5) is 5.69 Å². The molecule has 5 nitrogen and oxygen atoms in total. The zero-order valence-electron chi connectivity index (χ0n) is 11.4. The molecule has 0 saturated carbocycles. The highest BCUT2D eigenvalue weighted by Crippen LogP contribution is 2.33. The van der Waals surface area contributed by atoms with Gasteiger partial charge in [-0.05, 0) is 43.5 Å². The van der Waals surface area contributed by atoms with E-state index in [0.29, 0.717) is 23.3 Å². The number of benzene rings is 1. The summed E-state index contributed by atoms with van der Waals surface area (Å²) in [7, 11) is 1.35. The first kappa shape index (κ1) is 13.1. The SMILES string of the molecule is COC(=O)c1ccc(NC(=O)C2CC3CCC2N3)cc1. The molecule has 2 fully saturated rings. The van der Waals surface area contributed by atoms with E-state index in [2.05, 4.69) is 15.4 Å². The Morgan fingerprint density at radius 2 is 2.00 bits per heavy atom. The Hall–Kier alpha value is -1.88. The molecule has 2 saturated heterocycles. The van der Waals surface area contributed by atoms with E-state index in [1.54, 1.807) is 24.3 Å². The summed E-state index contributed by atoms with van der Waals surface area (Å²) < 4.78 is 4.64. The average molecular weight is 274 g/mol. The predicted octanol–water partition coefficient (Wildman–Crippen LogP) is 1.55. The lowest BCUT2D eigenvalue weighted by atomic mass is 9.88. The van der Waals surface area contributed by atoms with Gasteiger partial charge in [0.25, 0.3) is 0 Å². The fourth-order valence-corrected chi connectivity index (χ4v) is 3.16. The van der Waals surface area contributed by atoms with E-state index in [0.717, 1.165) is 12.8 Å². The predicted molar refractivity (Wildman–Crippen MR) is 74.5 cm³/mol. The average Bonchev–Trinajstić information content (AvgIpc) is 3.10. The molecule has 3 atom stereocenters. The molecule has 2 heterocycles. The standard InChI is InChI=1S/C15H18N2O3/c1-20-15(19)9-2-4-10(5-3-9)17-14(18)12-8-11-6-7-13(12)16-11/h2-5,11-13,16H,6-8H2,1H3,(H,17,18). The molecule has 0 radical (unpaired) electrons. The molecule has 1 aromatic carbocycles. The summed E-state index contributed by atoms with van der Waals surface area (Å²) in [5.74, 6) is -0.246. The second-order valence-electron chi connectivity index (χ2n) is 5.45. The van der Waals surface area contributed by atoms with Crippen LogP contribution in [-0.4, -0.2) is 31.1 Å². The van der Waals surface area contributed by atoms with Crippen LogP contribution in [0.1, 0.15) is 29.6 Å². The van der Waals surface area contributed by atoms with Gasteiger partial charge in [-0.2, -0.15) is 0 Å². The van der Waals surface area contributed by atoms with Crippen molar-refractivity contribution in [1.29, 1.82) is 0 Å². The van der Waals surface area contributed by atoms with Crippen LogP contribution in [0.15, 0.2) is 24.3 Å². The van der Waals surface area contributed by atoms with Gasteiger partial charge in [-0.3, -0.25) is 4.79 Å². The smallest absolute Gasteiger partial charge is 0.337 e. The van der Waals surface area contributed by atoms with Crippen LogP contribution < -0.4 is 10.6 Å². The number of hydrogen-bond donors (Lipinski definition) is 2. The fraction of sp³-hybridized carbons (Fsp3) is 0.467. The Kier molecular flexibility index (Phi) is 3.44. The molecule has 5 heteroatoms. The van der Waals surface area contributed by atoms with Gasteiger partial charge >= 0.3 is 5.97 Å². The number of methoxy groups -OCH3 is 1. The minimum atomic E-state index is -0.375. The Morgan fingerprint density at radius 3 is 2.55 bits per heavy atom. The maximum Gasteiger partial charge on any atom is 0.337 e. The van der Waals surface area contributed by atoms with Crippen LogP contribution >= 0.6 is 0 Å². The molecule has 2 aliphatic heterocycles. The Bertz CT molecular complexity index is 526. The van der Waals surface area contributed by atoms with Gasteiger partial charge in [0.1, 0.15) is 0 Å². The highest BCUT2D eigenvalue weighted by Gasteiger charge is 2.42. The van der Waals surface area contributed by atoms with Crippen LogP contribution in [0.2, 0.25) is 0 Å².